The van der Waals surface area contributed by atoms with E-state index in [-0.39, 0.29) is 17.2 Å². The van der Waals surface area contributed by atoms with E-state index in [1.807, 2.05) is 0 Å². The maximum Gasteiger partial charge on any atom is 0.244 e. The normalized spacial score (nSPS) is 11.7. The minimum absolute atomic E-state index is 0.104. The molecule has 2 rings (SSSR count). The molecule has 0 aliphatic carbocycles. The van der Waals surface area contributed by atoms with Crippen LogP contribution in [0.5, 0.6) is 5.75 Å². The molecule has 0 fully saturated rings. The number of hydrogen-bond donors (Lipinski definition) is 3. The third-order valence-electron chi connectivity index (χ3n) is 2.71. The SMILES string of the molecule is Cc1n[nH]c(C)c1S(=O)(=O)NCc1cccc(O)c1. The molecule has 3 N–H and O–H groups in total. The van der Waals surface area contributed by atoms with Crippen molar-refractivity contribution in [2.24, 2.45) is 0 Å². The van der Waals surface area contributed by atoms with Crippen molar-refractivity contribution < 1.29 is 13.5 Å². The molecule has 19 heavy (non-hydrogen) atoms. The fraction of sp³-hybridized carbons (Fsp3) is 0.250. The highest BCUT2D eigenvalue weighted by atomic mass is 32.2. The second-order valence-corrected chi connectivity index (χ2v) is 5.96. The molecule has 0 spiro atoms. The summed E-state index contributed by atoms with van der Waals surface area (Å²) in [7, 11) is -3.61. The van der Waals surface area contributed by atoms with Crippen molar-refractivity contribution in [1.29, 1.82) is 0 Å². The lowest BCUT2D eigenvalue weighted by molar-refractivity contribution is 0.474. The van der Waals surface area contributed by atoms with Gasteiger partial charge in [0.05, 0.1) is 11.4 Å². The Morgan fingerprint density at radius 1 is 1.37 bits per heavy atom. The Morgan fingerprint density at radius 3 is 2.68 bits per heavy atom. The van der Waals surface area contributed by atoms with Gasteiger partial charge in [-0.15, -0.1) is 0 Å². The number of rotatable bonds is 4. The van der Waals surface area contributed by atoms with E-state index in [2.05, 4.69) is 14.9 Å². The smallest absolute Gasteiger partial charge is 0.244 e. The van der Waals surface area contributed by atoms with Crippen molar-refractivity contribution >= 4 is 10.0 Å². The zero-order valence-electron chi connectivity index (χ0n) is 10.6. The van der Waals surface area contributed by atoms with Crippen LogP contribution in [0, 0.1) is 13.8 Å². The van der Waals surface area contributed by atoms with Crippen LogP contribution in [-0.2, 0) is 16.6 Å². The lowest BCUT2D eigenvalue weighted by atomic mass is 10.2. The number of sulfonamides is 1. The molecular formula is C12H15N3O3S. The molecule has 1 aromatic heterocycles. The van der Waals surface area contributed by atoms with Gasteiger partial charge in [0.15, 0.2) is 0 Å². The molecular weight excluding hydrogens is 266 g/mol. The Labute approximate surface area is 111 Å². The first-order chi connectivity index (χ1) is 8.90. The van der Waals surface area contributed by atoms with Crippen LogP contribution in [0.15, 0.2) is 29.2 Å². The van der Waals surface area contributed by atoms with Gasteiger partial charge in [0.25, 0.3) is 0 Å². The molecule has 0 amide bonds. The predicted octanol–water partition coefficient (Wildman–Crippen LogP) is 1.21. The number of aromatic nitrogens is 2. The van der Waals surface area contributed by atoms with Crippen molar-refractivity contribution in [2.45, 2.75) is 25.3 Å². The summed E-state index contributed by atoms with van der Waals surface area (Å²) in [5.41, 5.74) is 1.61. The van der Waals surface area contributed by atoms with Crippen LogP contribution in [0.4, 0.5) is 0 Å². The summed E-state index contributed by atoms with van der Waals surface area (Å²) in [5, 5.41) is 15.8. The van der Waals surface area contributed by atoms with Crippen molar-refractivity contribution in [3.05, 3.63) is 41.2 Å². The number of benzene rings is 1. The van der Waals surface area contributed by atoms with Crippen LogP contribution in [0.2, 0.25) is 0 Å². The van der Waals surface area contributed by atoms with Gasteiger partial charge in [-0.1, -0.05) is 12.1 Å². The minimum Gasteiger partial charge on any atom is -0.508 e. The first-order valence-electron chi connectivity index (χ1n) is 5.69. The zero-order chi connectivity index (χ0) is 14.0. The van der Waals surface area contributed by atoms with E-state index in [4.69, 9.17) is 0 Å². The molecule has 7 heteroatoms. The number of nitrogens with one attached hydrogen (secondary N) is 2. The van der Waals surface area contributed by atoms with E-state index in [0.717, 1.165) is 0 Å². The number of phenols is 1. The van der Waals surface area contributed by atoms with E-state index < -0.39 is 10.0 Å². The standard InChI is InChI=1S/C12H15N3O3S/c1-8-12(9(2)15-14-8)19(17,18)13-7-10-4-3-5-11(16)6-10/h3-6,13,16H,7H2,1-2H3,(H,14,15). The molecule has 0 saturated carbocycles. The Balaban J connectivity index is 2.19. The second-order valence-electron chi connectivity index (χ2n) is 4.26. The molecule has 0 aliphatic rings. The first-order valence-corrected chi connectivity index (χ1v) is 7.17. The Kier molecular flexibility index (Phi) is 3.59. The number of aromatic hydroxyl groups is 1. The van der Waals surface area contributed by atoms with Gasteiger partial charge >= 0.3 is 0 Å². The number of phenolic OH excluding ortho intramolecular Hbond substituents is 1. The Hall–Kier alpha value is -1.86. The predicted molar refractivity (Wildman–Crippen MR) is 70.2 cm³/mol. The maximum absolute atomic E-state index is 12.2. The van der Waals surface area contributed by atoms with Crippen molar-refractivity contribution in [3.63, 3.8) is 0 Å². The molecule has 0 unspecified atom stereocenters. The molecule has 0 atom stereocenters. The topological polar surface area (TPSA) is 95.1 Å². The van der Waals surface area contributed by atoms with E-state index in [1.54, 1.807) is 26.0 Å². The summed E-state index contributed by atoms with van der Waals surface area (Å²) in [4.78, 5) is 0.174. The molecule has 2 aromatic rings. The van der Waals surface area contributed by atoms with Crippen LogP contribution >= 0.6 is 0 Å². The number of aromatic amines is 1. The average molecular weight is 281 g/mol. The third-order valence-corrected chi connectivity index (χ3v) is 4.37. The van der Waals surface area contributed by atoms with Crippen LogP contribution in [0.25, 0.3) is 0 Å². The van der Waals surface area contributed by atoms with Crippen molar-refractivity contribution in [1.82, 2.24) is 14.9 Å². The number of hydrogen-bond acceptors (Lipinski definition) is 4. The minimum atomic E-state index is -3.61. The van der Waals surface area contributed by atoms with Gasteiger partial charge in [-0.2, -0.15) is 5.10 Å². The summed E-state index contributed by atoms with van der Waals surface area (Å²) in [6.07, 6.45) is 0. The maximum atomic E-state index is 12.2. The van der Waals surface area contributed by atoms with E-state index in [1.165, 1.54) is 12.1 Å². The molecule has 102 valence electrons. The van der Waals surface area contributed by atoms with E-state index in [0.29, 0.717) is 17.0 Å². The summed E-state index contributed by atoms with van der Waals surface area (Å²) in [6, 6.07) is 6.44. The number of H-pyrrole nitrogens is 1. The van der Waals surface area contributed by atoms with Gasteiger partial charge in [0, 0.05) is 6.54 Å². The summed E-state index contributed by atoms with van der Waals surface area (Å²) in [5.74, 6) is 0.104. The average Bonchev–Trinajstić information content (AvgIpc) is 2.67. The molecule has 6 nitrogen and oxygen atoms in total. The third kappa shape index (κ3) is 2.94. The van der Waals surface area contributed by atoms with Gasteiger partial charge in [-0.05, 0) is 31.5 Å². The summed E-state index contributed by atoms with van der Waals surface area (Å²) in [6.45, 7) is 3.40. The number of aryl methyl sites for hydroxylation is 2. The quantitative estimate of drug-likeness (QED) is 0.785. The van der Waals surface area contributed by atoms with Crippen LogP contribution in [0.1, 0.15) is 17.0 Å². The molecule has 0 saturated heterocycles. The van der Waals surface area contributed by atoms with Gasteiger partial charge in [0.1, 0.15) is 10.6 Å². The van der Waals surface area contributed by atoms with Gasteiger partial charge in [0.2, 0.25) is 10.0 Å². The Morgan fingerprint density at radius 2 is 2.11 bits per heavy atom. The highest BCUT2D eigenvalue weighted by Gasteiger charge is 2.21. The Bertz CT molecular complexity index is 672. The van der Waals surface area contributed by atoms with Crippen molar-refractivity contribution in [3.8, 4) is 5.75 Å². The fourth-order valence-corrected chi connectivity index (χ4v) is 3.24. The van der Waals surface area contributed by atoms with E-state index in [9.17, 15) is 13.5 Å². The lowest BCUT2D eigenvalue weighted by Crippen LogP contribution is -2.24. The van der Waals surface area contributed by atoms with Gasteiger partial charge in [-0.25, -0.2) is 13.1 Å². The van der Waals surface area contributed by atoms with Crippen molar-refractivity contribution in [2.75, 3.05) is 0 Å². The van der Waals surface area contributed by atoms with E-state index >= 15 is 0 Å². The number of nitrogens with zero attached hydrogens (tertiary/aromatic N) is 1. The molecule has 1 heterocycles. The summed E-state index contributed by atoms with van der Waals surface area (Å²) >= 11 is 0. The lowest BCUT2D eigenvalue weighted by Gasteiger charge is -2.07. The monoisotopic (exact) mass is 281 g/mol. The largest absolute Gasteiger partial charge is 0.508 e. The molecule has 0 radical (unpaired) electrons. The summed E-state index contributed by atoms with van der Waals surface area (Å²) < 4.78 is 26.8. The van der Waals surface area contributed by atoms with Crippen LogP contribution in [0.3, 0.4) is 0 Å². The van der Waals surface area contributed by atoms with Gasteiger partial charge < -0.3 is 5.11 Å². The first kappa shape index (κ1) is 13.6. The highest BCUT2D eigenvalue weighted by molar-refractivity contribution is 7.89. The molecule has 0 bridgehead atoms. The second kappa shape index (κ2) is 5.02. The molecule has 0 aliphatic heterocycles. The van der Waals surface area contributed by atoms with Crippen LogP contribution < -0.4 is 4.72 Å². The molecule has 1 aromatic carbocycles. The van der Waals surface area contributed by atoms with Crippen LogP contribution in [-0.4, -0.2) is 23.7 Å². The zero-order valence-corrected chi connectivity index (χ0v) is 11.5. The van der Waals surface area contributed by atoms with Gasteiger partial charge in [-0.3, -0.25) is 5.10 Å². The highest BCUT2D eigenvalue weighted by Crippen LogP contribution is 2.17. The fourth-order valence-electron chi connectivity index (χ4n) is 1.85.